The molecule has 4 nitrogen and oxygen atoms in total. The van der Waals surface area contributed by atoms with Crippen molar-refractivity contribution in [3.63, 3.8) is 0 Å². The van der Waals surface area contributed by atoms with Gasteiger partial charge in [-0.1, -0.05) is 24.3 Å². The highest BCUT2D eigenvalue weighted by atomic mass is 32.1. The zero-order valence-corrected chi connectivity index (χ0v) is 14.6. The lowest BCUT2D eigenvalue weighted by atomic mass is 10.1. The minimum Gasteiger partial charge on any atom is -0.326 e. The average molecular weight is 347 g/mol. The second-order valence-electron chi connectivity index (χ2n) is 5.93. The van der Waals surface area contributed by atoms with Crippen molar-refractivity contribution in [2.24, 2.45) is 0 Å². The quantitative estimate of drug-likeness (QED) is 0.588. The summed E-state index contributed by atoms with van der Waals surface area (Å²) < 4.78 is 2.03. The van der Waals surface area contributed by atoms with Gasteiger partial charge in [0.05, 0.1) is 12.1 Å². The molecule has 4 aromatic rings. The van der Waals surface area contributed by atoms with Crippen LogP contribution in [0, 0.1) is 6.92 Å². The highest BCUT2D eigenvalue weighted by Gasteiger charge is 2.08. The van der Waals surface area contributed by atoms with Crippen LogP contribution in [-0.4, -0.2) is 15.3 Å². The highest BCUT2D eigenvalue weighted by molar-refractivity contribution is 7.10. The van der Waals surface area contributed by atoms with E-state index >= 15 is 0 Å². The number of aromatic nitrogens is 2. The predicted octanol–water partition coefficient (Wildman–Crippen LogP) is 4.55. The predicted molar refractivity (Wildman–Crippen MR) is 102 cm³/mol. The van der Waals surface area contributed by atoms with Gasteiger partial charge in [0.2, 0.25) is 5.91 Å². The number of anilines is 1. The third-order valence-corrected chi connectivity index (χ3v) is 4.93. The number of benzene rings is 1. The summed E-state index contributed by atoms with van der Waals surface area (Å²) in [5, 5.41) is 4.92. The number of fused-ring (bicyclic) bond motifs is 1. The number of carbonyl (C=O) groups excluding carboxylic acids is 1. The van der Waals surface area contributed by atoms with E-state index in [0.717, 1.165) is 33.0 Å². The number of carbonyl (C=O) groups is 1. The second kappa shape index (κ2) is 6.53. The molecular formula is C20H17N3OS. The lowest BCUT2D eigenvalue weighted by Gasteiger charge is -2.05. The van der Waals surface area contributed by atoms with E-state index in [-0.39, 0.29) is 5.91 Å². The number of aryl methyl sites for hydroxylation is 1. The summed E-state index contributed by atoms with van der Waals surface area (Å²) in [4.78, 5) is 17.8. The van der Waals surface area contributed by atoms with Crippen LogP contribution in [0.4, 0.5) is 5.69 Å². The number of nitrogens with one attached hydrogen (secondary N) is 1. The summed E-state index contributed by atoms with van der Waals surface area (Å²) in [7, 11) is 0. The Balaban J connectivity index is 1.51. The number of pyridine rings is 1. The number of hydrogen-bond acceptors (Lipinski definition) is 3. The smallest absolute Gasteiger partial charge is 0.229 e. The molecule has 0 aliphatic rings. The van der Waals surface area contributed by atoms with Crippen molar-refractivity contribution in [2.45, 2.75) is 13.3 Å². The average Bonchev–Trinajstić information content (AvgIpc) is 3.25. The Bertz CT molecular complexity index is 1020. The largest absolute Gasteiger partial charge is 0.326 e. The summed E-state index contributed by atoms with van der Waals surface area (Å²) in [6.07, 6.45) is 4.43. The van der Waals surface area contributed by atoms with E-state index in [4.69, 9.17) is 4.98 Å². The fourth-order valence-corrected chi connectivity index (χ4v) is 3.50. The van der Waals surface area contributed by atoms with Crippen LogP contribution < -0.4 is 5.32 Å². The molecule has 0 aliphatic heterocycles. The fraction of sp³-hybridized carbons (Fsp3) is 0.100. The van der Waals surface area contributed by atoms with Gasteiger partial charge in [0.25, 0.3) is 0 Å². The minimum atomic E-state index is -0.00134. The van der Waals surface area contributed by atoms with Gasteiger partial charge in [0, 0.05) is 28.5 Å². The summed E-state index contributed by atoms with van der Waals surface area (Å²) in [5.74, 6) is -0.00134. The molecule has 0 spiro atoms. The van der Waals surface area contributed by atoms with Crippen molar-refractivity contribution >= 4 is 28.6 Å². The van der Waals surface area contributed by atoms with Gasteiger partial charge in [-0.05, 0) is 42.1 Å². The van der Waals surface area contributed by atoms with Crippen molar-refractivity contribution in [1.82, 2.24) is 9.38 Å². The Hall–Kier alpha value is -2.92. The molecule has 0 radical (unpaired) electrons. The zero-order valence-electron chi connectivity index (χ0n) is 13.8. The lowest BCUT2D eigenvalue weighted by molar-refractivity contribution is -0.115. The van der Waals surface area contributed by atoms with Crippen molar-refractivity contribution in [3.8, 4) is 11.3 Å². The first-order valence-electron chi connectivity index (χ1n) is 8.06. The first-order chi connectivity index (χ1) is 12.2. The molecule has 3 aromatic heterocycles. The van der Waals surface area contributed by atoms with Gasteiger partial charge in [-0.15, -0.1) is 11.3 Å². The van der Waals surface area contributed by atoms with Crippen molar-refractivity contribution < 1.29 is 4.79 Å². The van der Waals surface area contributed by atoms with E-state index in [1.807, 2.05) is 64.6 Å². The molecule has 0 saturated heterocycles. The Morgan fingerprint density at radius 3 is 2.72 bits per heavy atom. The van der Waals surface area contributed by atoms with Crippen LogP contribution in [0.3, 0.4) is 0 Å². The third kappa shape index (κ3) is 3.32. The van der Waals surface area contributed by atoms with Crippen LogP contribution in [0.25, 0.3) is 16.9 Å². The number of hydrogen-bond donors (Lipinski definition) is 1. The summed E-state index contributed by atoms with van der Waals surface area (Å²) >= 11 is 1.59. The second-order valence-corrected chi connectivity index (χ2v) is 6.96. The minimum absolute atomic E-state index is 0.00134. The Kier molecular flexibility index (Phi) is 4.07. The van der Waals surface area contributed by atoms with Crippen molar-refractivity contribution in [3.05, 3.63) is 76.7 Å². The van der Waals surface area contributed by atoms with Gasteiger partial charge in [0.1, 0.15) is 5.65 Å². The highest BCUT2D eigenvalue weighted by Crippen LogP contribution is 2.22. The molecule has 1 N–H and O–H groups in total. The monoisotopic (exact) mass is 347 g/mol. The fourth-order valence-electron chi connectivity index (χ4n) is 2.79. The maximum atomic E-state index is 12.1. The summed E-state index contributed by atoms with van der Waals surface area (Å²) in [6.45, 7) is 2.05. The zero-order chi connectivity index (χ0) is 17.2. The molecule has 0 unspecified atom stereocenters. The van der Waals surface area contributed by atoms with Gasteiger partial charge in [0.15, 0.2) is 0 Å². The van der Waals surface area contributed by atoms with Crippen LogP contribution in [0.15, 0.2) is 66.3 Å². The standard InChI is InChI=1S/C20H17N3OS/c1-14-4-2-10-23-13-18(22-20(14)23)15-6-8-16(9-7-15)21-19(24)12-17-5-3-11-25-17/h2-11,13H,12H2,1H3,(H,21,24). The van der Waals surface area contributed by atoms with Gasteiger partial charge < -0.3 is 9.72 Å². The van der Waals surface area contributed by atoms with Crippen LogP contribution in [0.5, 0.6) is 0 Å². The maximum absolute atomic E-state index is 12.1. The molecule has 4 rings (SSSR count). The van der Waals surface area contributed by atoms with Crippen LogP contribution in [0.1, 0.15) is 10.4 Å². The molecule has 0 aliphatic carbocycles. The number of rotatable bonds is 4. The van der Waals surface area contributed by atoms with E-state index in [1.54, 1.807) is 11.3 Å². The maximum Gasteiger partial charge on any atom is 0.229 e. The summed E-state index contributed by atoms with van der Waals surface area (Å²) in [6, 6.07) is 15.8. The molecule has 25 heavy (non-hydrogen) atoms. The first-order valence-corrected chi connectivity index (χ1v) is 8.94. The van der Waals surface area contributed by atoms with Crippen LogP contribution in [-0.2, 0) is 11.2 Å². The first kappa shape index (κ1) is 15.6. The van der Waals surface area contributed by atoms with E-state index in [1.165, 1.54) is 0 Å². The molecule has 0 bridgehead atoms. The molecule has 124 valence electrons. The molecule has 3 heterocycles. The van der Waals surface area contributed by atoms with E-state index in [2.05, 4.69) is 18.3 Å². The van der Waals surface area contributed by atoms with Gasteiger partial charge in [-0.3, -0.25) is 4.79 Å². The van der Waals surface area contributed by atoms with E-state index < -0.39 is 0 Å². The number of imidazole rings is 1. The van der Waals surface area contributed by atoms with Crippen molar-refractivity contribution in [2.75, 3.05) is 5.32 Å². The van der Waals surface area contributed by atoms with Gasteiger partial charge >= 0.3 is 0 Å². The molecule has 0 saturated carbocycles. The van der Waals surface area contributed by atoms with Crippen LogP contribution in [0.2, 0.25) is 0 Å². The van der Waals surface area contributed by atoms with Gasteiger partial charge in [-0.2, -0.15) is 0 Å². The van der Waals surface area contributed by atoms with Crippen molar-refractivity contribution in [1.29, 1.82) is 0 Å². The number of nitrogens with zero attached hydrogens (tertiary/aromatic N) is 2. The third-order valence-electron chi connectivity index (χ3n) is 4.06. The Labute approximate surface area is 149 Å². The topological polar surface area (TPSA) is 46.4 Å². The Morgan fingerprint density at radius 2 is 2.00 bits per heavy atom. The number of amides is 1. The lowest BCUT2D eigenvalue weighted by Crippen LogP contribution is -2.13. The Morgan fingerprint density at radius 1 is 1.16 bits per heavy atom. The molecule has 1 aromatic carbocycles. The molecule has 5 heteroatoms. The van der Waals surface area contributed by atoms with E-state index in [0.29, 0.717) is 6.42 Å². The van der Waals surface area contributed by atoms with Gasteiger partial charge in [-0.25, -0.2) is 4.98 Å². The molecule has 1 amide bonds. The molecule has 0 fully saturated rings. The van der Waals surface area contributed by atoms with Crippen LogP contribution >= 0.6 is 11.3 Å². The van der Waals surface area contributed by atoms with E-state index in [9.17, 15) is 4.79 Å². The molecular weight excluding hydrogens is 330 g/mol. The summed E-state index contributed by atoms with van der Waals surface area (Å²) in [5.41, 5.74) is 4.85. The normalized spacial score (nSPS) is 10.9. The number of thiophene rings is 1. The molecule has 0 atom stereocenters. The SMILES string of the molecule is Cc1cccn2cc(-c3ccc(NC(=O)Cc4cccs4)cc3)nc12.